The van der Waals surface area contributed by atoms with Gasteiger partial charge in [0, 0.05) is 38.2 Å². The summed E-state index contributed by atoms with van der Waals surface area (Å²) in [4.78, 5) is 38.4. The first-order valence-electron chi connectivity index (χ1n) is 9.57. The van der Waals surface area contributed by atoms with Crippen molar-refractivity contribution in [2.45, 2.75) is 27.2 Å². The van der Waals surface area contributed by atoms with Crippen LogP contribution in [0.5, 0.6) is 0 Å². The number of piperazine rings is 1. The van der Waals surface area contributed by atoms with E-state index in [9.17, 15) is 19.5 Å². The molecule has 28 heavy (non-hydrogen) atoms. The number of rotatable bonds is 7. The highest BCUT2D eigenvalue weighted by Gasteiger charge is 2.25. The van der Waals surface area contributed by atoms with Crippen molar-refractivity contribution in [1.82, 2.24) is 10.2 Å². The normalized spacial score (nSPS) is 15.2. The molecule has 1 aliphatic heterocycles. The zero-order valence-electron chi connectivity index (χ0n) is 16.7. The highest BCUT2D eigenvalue weighted by Crippen LogP contribution is 2.21. The van der Waals surface area contributed by atoms with Crippen molar-refractivity contribution in [2.75, 3.05) is 32.8 Å². The summed E-state index contributed by atoms with van der Waals surface area (Å²) < 4.78 is 5.04. The number of ether oxygens (including phenoxy) is 1. The van der Waals surface area contributed by atoms with Gasteiger partial charge in [0.2, 0.25) is 0 Å². The van der Waals surface area contributed by atoms with E-state index in [4.69, 9.17) is 4.74 Å². The molecule has 0 unspecified atom stereocenters. The van der Waals surface area contributed by atoms with Crippen molar-refractivity contribution >= 4 is 17.8 Å². The molecule has 1 heterocycles. The van der Waals surface area contributed by atoms with Gasteiger partial charge in [0.1, 0.15) is 0 Å². The van der Waals surface area contributed by atoms with Crippen LogP contribution in [0, 0.1) is 5.92 Å². The molecule has 1 aliphatic rings. The van der Waals surface area contributed by atoms with Crippen LogP contribution in [0.3, 0.4) is 0 Å². The number of hydrogen-bond acceptors (Lipinski definition) is 5. The van der Waals surface area contributed by atoms with E-state index >= 15 is 0 Å². The van der Waals surface area contributed by atoms with E-state index in [1.807, 2.05) is 0 Å². The average Bonchev–Trinajstić information content (AvgIpc) is 2.68. The van der Waals surface area contributed by atoms with Crippen LogP contribution in [0.4, 0.5) is 0 Å². The molecule has 0 atom stereocenters. The van der Waals surface area contributed by atoms with Gasteiger partial charge in [-0.3, -0.25) is 4.79 Å². The summed E-state index contributed by atoms with van der Waals surface area (Å²) in [6, 6.07) is 6.89. The summed E-state index contributed by atoms with van der Waals surface area (Å²) in [6.45, 7) is 8.31. The van der Waals surface area contributed by atoms with Crippen molar-refractivity contribution in [2.24, 2.45) is 5.92 Å². The third-order valence-electron chi connectivity index (χ3n) is 4.64. The van der Waals surface area contributed by atoms with Gasteiger partial charge in [-0.05, 0) is 30.5 Å². The molecule has 1 aromatic carbocycles. The molecule has 2 rings (SSSR count). The number of amides is 1. The molecular weight excluding hydrogens is 360 g/mol. The summed E-state index contributed by atoms with van der Waals surface area (Å²) in [6.07, 6.45) is 0.0871. The van der Waals surface area contributed by atoms with Crippen LogP contribution in [0.1, 0.15) is 36.7 Å². The van der Waals surface area contributed by atoms with Crippen LogP contribution in [0.25, 0.3) is 0 Å². The Kier molecular flexibility index (Phi) is 7.75. The number of hydrogen-bond donors (Lipinski definition) is 2. The van der Waals surface area contributed by atoms with Gasteiger partial charge in [-0.1, -0.05) is 26.0 Å². The number of aliphatic carboxylic acids is 1. The largest absolute Gasteiger partial charge is 0.478 e. The molecule has 7 nitrogen and oxygen atoms in total. The number of carboxylic acid groups (broad SMARTS) is 1. The first-order valence-corrected chi connectivity index (χ1v) is 9.57. The summed E-state index contributed by atoms with van der Waals surface area (Å²) in [5, 5.41) is 12.9. The SMILES string of the molecule is CCOC(=O)C(=C(Cc1ccc(C(=O)N2CCNCC2)cc1)C(=O)O)C(C)C. The summed E-state index contributed by atoms with van der Waals surface area (Å²) in [5.74, 6) is -2.05. The minimum atomic E-state index is -1.14. The number of carboxylic acids is 1. The molecule has 1 fully saturated rings. The second-order valence-electron chi connectivity index (χ2n) is 6.99. The third kappa shape index (κ3) is 5.42. The number of carbonyl (C=O) groups is 3. The number of carbonyl (C=O) groups excluding carboxylic acids is 2. The standard InChI is InChI=1S/C21H28N2O5/c1-4-28-21(27)18(14(2)3)17(20(25)26)13-15-5-7-16(8-6-15)19(24)23-11-9-22-10-12-23/h5-8,14,22H,4,9-13H2,1-3H3,(H,25,26). The lowest BCUT2D eigenvalue weighted by Gasteiger charge is -2.27. The van der Waals surface area contributed by atoms with E-state index in [1.54, 1.807) is 49.9 Å². The van der Waals surface area contributed by atoms with E-state index in [0.29, 0.717) is 18.7 Å². The van der Waals surface area contributed by atoms with Crippen LogP contribution >= 0.6 is 0 Å². The second kappa shape index (κ2) is 10.0. The fourth-order valence-corrected chi connectivity index (χ4v) is 3.22. The molecule has 1 amide bonds. The average molecular weight is 388 g/mol. The lowest BCUT2D eigenvalue weighted by atomic mass is 9.92. The molecule has 0 aromatic heterocycles. The summed E-state index contributed by atoms with van der Waals surface area (Å²) >= 11 is 0. The van der Waals surface area contributed by atoms with Gasteiger partial charge in [0.05, 0.1) is 17.8 Å². The first-order chi connectivity index (χ1) is 13.3. The van der Waals surface area contributed by atoms with E-state index in [1.165, 1.54) is 0 Å². The molecular formula is C21H28N2O5. The van der Waals surface area contributed by atoms with Crippen LogP contribution in [0.15, 0.2) is 35.4 Å². The minimum absolute atomic E-state index is 0.0228. The highest BCUT2D eigenvalue weighted by atomic mass is 16.5. The Balaban J connectivity index is 2.23. The molecule has 1 saturated heterocycles. The molecule has 0 spiro atoms. The van der Waals surface area contributed by atoms with Gasteiger partial charge >= 0.3 is 11.9 Å². The van der Waals surface area contributed by atoms with E-state index in [-0.39, 0.29) is 36.0 Å². The Morgan fingerprint density at radius 2 is 1.75 bits per heavy atom. The van der Waals surface area contributed by atoms with Gasteiger partial charge in [-0.15, -0.1) is 0 Å². The Bertz CT molecular complexity index is 747. The summed E-state index contributed by atoms with van der Waals surface area (Å²) in [7, 11) is 0. The maximum atomic E-state index is 12.5. The Morgan fingerprint density at radius 1 is 1.14 bits per heavy atom. The molecule has 0 bridgehead atoms. The molecule has 1 aromatic rings. The van der Waals surface area contributed by atoms with Crippen LogP contribution in [-0.4, -0.2) is 60.6 Å². The van der Waals surface area contributed by atoms with Gasteiger partial charge in [-0.2, -0.15) is 0 Å². The van der Waals surface area contributed by atoms with Crippen molar-refractivity contribution in [1.29, 1.82) is 0 Å². The number of nitrogens with zero attached hydrogens (tertiary/aromatic N) is 1. The smallest absolute Gasteiger partial charge is 0.334 e. The highest BCUT2D eigenvalue weighted by molar-refractivity contribution is 6.00. The lowest BCUT2D eigenvalue weighted by Crippen LogP contribution is -2.46. The maximum Gasteiger partial charge on any atom is 0.334 e. The maximum absolute atomic E-state index is 12.5. The number of esters is 1. The minimum Gasteiger partial charge on any atom is -0.478 e. The number of benzene rings is 1. The number of nitrogens with one attached hydrogen (secondary N) is 1. The van der Waals surface area contributed by atoms with Crippen LogP contribution in [-0.2, 0) is 20.7 Å². The van der Waals surface area contributed by atoms with Gasteiger partial charge in [0.25, 0.3) is 5.91 Å². The molecule has 2 N–H and O–H groups in total. The van der Waals surface area contributed by atoms with Crippen LogP contribution < -0.4 is 5.32 Å². The van der Waals surface area contributed by atoms with Crippen molar-refractivity contribution in [3.63, 3.8) is 0 Å². The van der Waals surface area contributed by atoms with E-state index in [0.717, 1.165) is 18.7 Å². The van der Waals surface area contributed by atoms with Gasteiger partial charge in [0.15, 0.2) is 0 Å². The fraction of sp³-hybridized carbons (Fsp3) is 0.476. The second-order valence-corrected chi connectivity index (χ2v) is 6.99. The van der Waals surface area contributed by atoms with Crippen molar-refractivity contribution < 1.29 is 24.2 Å². The molecule has 0 aliphatic carbocycles. The predicted molar refractivity (Wildman–Crippen MR) is 105 cm³/mol. The van der Waals surface area contributed by atoms with E-state index < -0.39 is 11.9 Å². The summed E-state index contributed by atoms with van der Waals surface area (Å²) in [5.41, 5.74) is 1.49. The van der Waals surface area contributed by atoms with E-state index in [2.05, 4.69) is 5.32 Å². The molecule has 152 valence electrons. The third-order valence-corrected chi connectivity index (χ3v) is 4.64. The lowest BCUT2D eigenvalue weighted by molar-refractivity contribution is -0.140. The molecule has 7 heteroatoms. The fourth-order valence-electron chi connectivity index (χ4n) is 3.22. The quantitative estimate of drug-likeness (QED) is 0.547. The van der Waals surface area contributed by atoms with Crippen molar-refractivity contribution in [3.8, 4) is 0 Å². The Labute approximate surface area is 165 Å². The van der Waals surface area contributed by atoms with Crippen molar-refractivity contribution in [3.05, 3.63) is 46.5 Å². The molecule has 0 saturated carbocycles. The Morgan fingerprint density at radius 3 is 2.25 bits per heavy atom. The topological polar surface area (TPSA) is 95.9 Å². The van der Waals surface area contributed by atoms with Crippen LogP contribution in [0.2, 0.25) is 0 Å². The first kappa shape index (κ1) is 21.6. The molecule has 0 radical (unpaired) electrons. The zero-order chi connectivity index (χ0) is 20.7. The Hall–Kier alpha value is -2.67. The van der Waals surface area contributed by atoms with Gasteiger partial charge in [-0.25, -0.2) is 9.59 Å². The van der Waals surface area contributed by atoms with Gasteiger partial charge < -0.3 is 20.1 Å². The predicted octanol–water partition coefficient (Wildman–Crippen LogP) is 1.87. The monoisotopic (exact) mass is 388 g/mol. The zero-order valence-corrected chi connectivity index (χ0v) is 16.7.